The van der Waals surface area contributed by atoms with Gasteiger partial charge in [0.2, 0.25) is 5.91 Å². The van der Waals surface area contributed by atoms with Crippen LogP contribution in [0.5, 0.6) is 0 Å². The Morgan fingerprint density at radius 2 is 1.90 bits per heavy atom. The molecule has 2 rings (SSSR count). The van der Waals surface area contributed by atoms with Crippen molar-refractivity contribution in [2.24, 2.45) is 11.7 Å². The van der Waals surface area contributed by atoms with Crippen molar-refractivity contribution in [1.29, 1.82) is 0 Å². The lowest BCUT2D eigenvalue weighted by molar-refractivity contribution is -0.132. The molecule has 0 spiro atoms. The van der Waals surface area contributed by atoms with Gasteiger partial charge in [0.05, 0.1) is 6.61 Å². The van der Waals surface area contributed by atoms with E-state index >= 15 is 0 Å². The molecule has 0 aromatic heterocycles. The van der Waals surface area contributed by atoms with Crippen molar-refractivity contribution in [2.75, 3.05) is 26.3 Å². The number of hydrogen-bond acceptors (Lipinski definition) is 3. The van der Waals surface area contributed by atoms with E-state index in [9.17, 15) is 4.79 Å². The van der Waals surface area contributed by atoms with Crippen LogP contribution in [-0.4, -0.2) is 43.2 Å². The van der Waals surface area contributed by atoms with Crippen LogP contribution in [0.1, 0.15) is 51.4 Å². The van der Waals surface area contributed by atoms with Crippen molar-refractivity contribution in [2.45, 2.75) is 57.4 Å². The van der Waals surface area contributed by atoms with Crippen LogP contribution in [0.25, 0.3) is 0 Å². The number of carbonyl (C=O) groups is 1. The smallest absolute Gasteiger partial charge is 0.222 e. The number of nitrogens with two attached hydrogens (primary N) is 1. The van der Waals surface area contributed by atoms with Gasteiger partial charge < -0.3 is 15.4 Å². The summed E-state index contributed by atoms with van der Waals surface area (Å²) in [6, 6.07) is 0.539. The van der Waals surface area contributed by atoms with E-state index in [1.54, 1.807) is 0 Å². The Morgan fingerprint density at radius 1 is 1.15 bits per heavy atom. The maximum Gasteiger partial charge on any atom is 0.222 e. The molecule has 2 aliphatic rings. The van der Waals surface area contributed by atoms with Gasteiger partial charge in [-0.2, -0.15) is 0 Å². The molecular weight excluding hydrogens is 276 g/mol. The SMILES string of the molecule is Cl.NCCCCCCC(=O)N(CC1CCOC1)C1CC1. The Morgan fingerprint density at radius 3 is 2.50 bits per heavy atom. The Kier molecular flexibility index (Phi) is 8.50. The third-order valence-corrected chi connectivity index (χ3v) is 4.13. The van der Waals surface area contributed by atoms with E-state index in [1.165, 1.54) is 12.8 Å². The molecule has 2 fully saturated rings. The molecular formula is C15H29ClN2O2. The molecule has 20 heavy (non-hydrogen) atoms. The molecule has 5 heteroatoms. The molecule has 1 unspecified atom stereocenters. The minimum absolute atomic E-state index is 0. The van der Waals surface area contributed by atoms with E-state index in [4.69, 9.17) is 10.5 Å². The number of unbranched alkanes of at least 4 members (excludes halogenated alkanes) is 3. The molecule has 1 atom stereocenters. The van der Waals surface area contributed by atoms with Crippen molar-refractivity contribution < 1.29 is 9.53 Å². The summed E-state index contributed by atoms with van der Waals surface area (Å²) in [5.74, 6) is 0.934. The van der Waals surface area contributed by atoms with Crippen LogP contribution in [0.15, 0.2) is 0 Å². The van der Waals surface area contributed by atoms with Crippen LogP contribution in [0, 0.1) is 5.92 Å². The van der Waals surface area contributed by atoms with E-state index in [-0.39, 0.29) is 12.4 Å². The maximum atomic E-state index is 12.3. The van der Waals surface area contributed by atoms with Crippen molar-refractivity contribution >= 4 is 18.3 Å². The molecule has 0 radical (unpaired) electrons. The number of amides is 1. The molecule has 1 heterocycles. The predicted molar refractivity (Wildman–Crippen MR) is 83.0 cm³/mol. The third-order valence-electron chi connectivity index (χ3n) is 4.13. The maximum absolute atomic E-state index is 12.3. The van der Waals surface area contributed by atoms with Crippen molar-refractivity contribution in [3.05, 3.63) is 0 Å². The number of halogens is 1. The number of ether oxygens (including phenoxy) is 1. The second kappa shape index (κ2) is 9.59. The summed E-state index contributed by atoms with van der Waals surface area (Å²) in [4.78, 5) is 14.4. The first-order chi connectivity index (χ1) is 9.31. The first kappa shape index (κ1) is 17.7. The van der Waals surface area contributed by atoms with Crippen molar-refractivity contribution in [3.63, 3.8) is 0 Å². The lowest BCUT2D eigenvalue weighted by Gasteiger charge is -2.25. The minimum atomic E-state index is 0. The Labute approximate surface area is 128 Å². The fourth-order valence-electron chi connectivity index (χ4n) is 2.76. The van der Waals surface area contributed by atoms with E-state index < -0.39 is 0 Å². The zero-order valence-electron chi connectivity index (χ0n) is 12.4. The Hall–Kier alpha value is -0.320. The normalized spacial score (nSPS) is 21.6. The predicted octanol–water partition coefficient (Wildman–Crippen LogP) is 2.34. The fraction of sp³-hybridized carbons (Fsp3) is 0.933. The summed E-state index contributed by atoms with van der Waals surface area (Å²) < 4.78 is 5.41. The van der Waals surface area contributed by atoms with Crippen LogP contribution in [0.2, 0.25) is 0 Å². The molecule has 4 nitrogen and oxygen atoms in total. The lowest BCUT2D eigenvalue weighted by atomic mass is 10.1. The van der Waals surface area contributed by atoms with Crippen LogP contribution < -0.4 is 5.73 Å². The van der Waals surface area contributed by atoms with Gasteiger partial charge in [-0.15, -0.1) is 12.4 Å². The van der Waals surface area contributed by atoms with Gasteiger partial charge in [0, 0.05) is 31.5 Å². The zero-order chi connectivity index (χ0) is 13.5. The molecule has 0 aromatic carbocycles. The monoisotopic (exact) mass is 304 g/mol. The van der Waals surface area contributed by atoms with Gasteiger partial charge in [-0.05, 0) is 38.6 Å². The van der Waals surface area contributed by atoms with Crippen LogP contribution in [0.3, 0.4) is 0 Å². The Bertz CT molecular complexity index is 279. The van der Waals surface area contributed by atoms with Crippen LogP contribution in [-0.2, 0) is 9.53 Å². The molecule has 118 valence electrons. The second-order valence-electron chi connectivity index (χ2n) is 5.96. The first-order valence-electron chi connectivity index (χ1n) is 7.88. The second-order valence-corrected chi connectivity index (χ2v) is 5.96. The molecule has 0 bridgehead atoms. The molecule has 1 amide bonds. The molecule has 1 aliphatic heterocycles. The topological polar surface area (TPSA) is 55.6 Å². The van der Waals surface area contributed by atoms with Gasteiger partial charge in [-0.3, -0.25) is 4.79 Å². The molecule has 1 aliphatic carbocycles. The van der Waals surface area contributed by atoms with E-state index in [2.05, 4.69) is 4.90 Å². The number of hydrogen-bond donors (Lipinski definition) is 1. The van der Waals surface area contributed by atoms with Crippen molar-refractivity contribution in [3.8, 4) is 0 Å². The van der Waals surface area contributed by atoms with Crippen LogP contribution >= 0.6 is 12.4 Å². The average molecular weight is 305 g/mol. The average Bonchev–Trinajstić information content (AvgIpc) is 3.12. The van der Waals surface area contributed by atoms with E-state index in [1.807, 2.05) is 0 Å². The lowest BCUT2D eigenvalue weighted by Crippen LogP contribution is -2.37. The highest BCUT2D eigenvalue weighted by molar-refractivity contribution is 5.85. The largest absolute Gasteiger partial charge is 0.381 e. The molecule has 2 N–H and O–H groups in total. The number of nitrogens with zero attached hydrogens (tertiary/aromatic N) is 1. The van der Waals surface area contributed by atoms with Gasteiger partial charge in [0.15, 0.2) is 0 Å². The Balaban J connectivity index is 0.00000200. The van der Waals surface area contributed by atoms with Gasteiger partial charge in [-0.25, -0.2) is 0 Å². The minimum Gasteiger partial charge on any atom is -0.381 e. The molecule has 1 saturated heterocycles. The summed E-state index contributed by atoms with van der Waals surface area (Å²) in [7, 11) is 0. The fourth-order valence-corrected chi connectivity index (χ4v) is 2.76. The summed E-state index contributed by atoms with van der Waals surface area (Å²) >= 11 is 0. The quantitative estimate of drug-likeness (QED) is 0.665. The van der Waals surface area contributed by atoms with Crippen molar-refractivity contribution in [1.82, 2.24) is 4.90 Å². The number of rotatable bonds is 9. The number of carbonyl (C=O) groups excluding carboxylic acids is 1. The van der Waals surface area contributed by atoms with E-state index in [0.29, 0.717) is 24.3 Å². The first-order valence-corrected chi connectivity index (χ1v) is 7.88. The summed E-state index contributed by atoms with van der Waals surface area (Å²) in [6.45, 7) is 3.40. The summed E-state index contributed by atoms with van der Waals surface area (Å²) in [5.41, 5.74) is 5.47. The van der Waals surface area contributed by atoms with E-state index in [0.717, 1.165) is 58.4 Å². The van der Waals surface area contributed by atoms with Gasteiger partial charge in [0.1, 0.15) is 0 Å². The molecule has 0 aromatic rings. The third kappa shape index (κ3) is 5.98. The summed E-state index contributed by atoms with van der Waals surface area (Å²) in [6.07, 6.45) is 8.63. The summed E-state index contributed by atoms with van der Waals surface area (Å²) in [5, 5.41) is 0. The highest BCUT2D eigenvalue weighted by Gasteiger charge is 2.34. The zero-order valence-corrected chi connectivity index (χ0v) is 13.2. The van der Waals surface area contributed by atoms with Gasteiger partial charge in [0.25, 0.3) is 0 Å². The molecule has 1 saturated carbocycles. The van der Waals surface area contributed by atoms with Gasteiger partial charge >= 0.3 is 0 Å². The highest BCUT2D eigenvalue weighted by Crippen LogP contribution is 2.29. The van der Waals surface area contributed by atoms with Crippen LogP contribution in [0.4, 0.5) is 0 Å². The highest BCUT2D eigenvalue weighted by atomic mass is 35.5. The van der Waals surface area contributed by atoms with Gasteiger partial charge in [-0.1, -0.05) is 12.8 Å². The standard InChI is InChI=1S/C15H28N2O2.ClH/c16-9-4-2-1-3-5-15(18)17(14-6-7-14)11-13-8-10-19-12-13;/h13-14H,1-12,16H2;1H.